The number of benzene rings is 2. The van der Waals surface area contributed by atoms with Crippen LogP contribution in [-0.2, 0) is 13.1 Å². The first-order chi connectivity index (χ1) is 9.78. The molecule has 0 aromatic heterocycles. The largest absolute Gasteiger partial charge is 0.494 e. The van der Waals surface area contributed by atoms with Crippen LogP contribution in [0, 0.1) is 5.82 Å². The average Bonchev–Trinajstić information content (AvgIpc) is 2.48. The lowest BCUT2D eigenvalue weighted by Crippen LogP contribution is -2.12. The van der Waals surface area contributed by atoms with Crippen LogP contribution in [0.2, 0.25) is 0 Å². The minimum Gasteiger partial charge on any atom is -0.494 e. The van der Waals surface area contributed by atoms with Gasteiger partial charge in [0.25, 0.3) is 0 Å². The number of rotatable bonds is 7. The topological polar surface area (TPSA) is 21.3 Å². The van der Waals surface area contributed by atoms with Gasteiger partial charge in [0.1, 0.15) is 11.6 Å². The summed E-state index contributed by atoms with van der Waals surface area (Å²) in [7, 11) is 0. The molecule has 0 aliphatic rings. The van der Waals surface area contributed by atoms with Gasteiger partial charge in [-0.05, 0) is 41.8 Å². The van der Waals surface area contributed by atoms with Crippen LogP contribution in [0.5, 0.6) is 5.75 Å². The quantitative estimate of drug-likeness (QED) is 0.826. The fraction of sp³-hybridized carbons (Fsp3) is 0.294. The van der Waals surface area contributed by atoms with Gasteiger partial charge in [-0.1, -0.05) is 31.2 Å². The maximum atomic E-state index is 12.8. The summed E-state index contributed by atoms with van der Waals surface area (Å²) in [5, 5.41) is 3.34. The lowest BCUT2D eigenvalue weighted by molar-refractivity contribution is 0.317. The van der Waals surface area contributed by atoms with Gasteiger partial charge in [-0.2, -0.15) is 0 Å². The molecule has 2 nitrogen and oxygen atoms in total. The molecule has 0 radical (unpaired) electrons. The Morgan fingerprint density at radius 2 is 1.45 bits per heavy atom. The molecule has 1 N–H and O–H groups in total. The Kier molecular flexibility index (Phi) is 5.56. The molecule has 0 saturated carbocycles. The molecule has 0 atom stereocenters. The molecule has 20 heavy (non-hydrogen) atoms. The summed E-state index contributed by atoms with van der Waals surface area (Å²) < 4.78 is 18.3. The van der Waals surface area contributed by atoms with Crippen LogP contribution in [-0.4, -0.2) is 6.61 Å². The van der Waals surface area contributed by atoms with Crippen LogP contribution in [0.25, 0.3) is 0 Å². The molecule has 2 aromatic carbocycles. The standard InChI is InChI=1S/C17H20FNO/c1-2-11-20-17-9-5-15(6-10-17)13-19-12-14-3-7-16(18)8-4-14/h3-10,19H,2,11-13H2,1H3. The van der Waals surface area contributed by atoms with Crippen molar-refractivity contribution >= 4 is 0 Å². The number of hydrogen-bond acceptors (Lipinski definition) is 2. The summed E-state index contributed by atoms with van der Waals surface area (Å²) in [5.74, 6) is 0.713. The van der Waals surface area contributed by atoms with Crippen molar-refractivity contribution in [3.8, 4) is 5.75 Å². The van der Waals surface area contributed by atoms with Crippen LogP contribution in [0.15, 0.2) is 48.5 Å². The second kappa shape index (κ2) is 7.65. The van der Waals surface area contributed by atoms with E-state index in [0.717, 1.165) is 37.4 Å². The fourth-order valence-electron chi connectivity index (χ4n) is 1.88. The van der Waals surface area contributed by atoms with Crippen LogP contribution in [0.1, 0.15) is 24.5 Å². The Balaban J connectivity index is 1.77. The van der Waals surface area contributed by atoms with Crippen LogP contribution in [0.4, 0.5) is 4.39 Å². The maximum Gasteiger partial charge on any atom is 0.123 e. The molecular formula is C17H20FNO. The van der Waals surface area contributed by atoms with Crippen molar-refractivity contribution in [2.75, 3.05) is 6.61 Å². The lowest BCUT2D eigenvalue weighted by Gasteiger charge is -2.07. The normalized spacial score (nSPS) is 10.5. The Hall–Kier alpha value is -1.87. The van der Waals surface area contributed by atoms with Gasteiger partial charge in [-0.15, -0.1) is 0 Å². The molecule has 0 unspecified atom stereocenters. The molecule has 106 valence electrons. The highest BCUT2D eigenvalue weighted by Gasteiger charge is 1.97. The molecule has 2 rings (SSSR count). The molecule has 0 bridgehead atoms. The van der Waals surface area contributed by atoms with Gasteiger partial charge < -0.3 is 10.1 Å². The van der Waals surface area contributed by atoms with E-state index in [1.54, 1.807) is 12.1 Å². The van der Waals surface area contributed by atoms with Gasteiger partial charge >= 0.3 is 0 Å². The predicted molar refractivity (Wildman–Crippen MR) is 79.2 cm³/mol. The van der Waals surface area contributed by atoms with Crippen molar-refractivity contribution in [1.82, 2.24) is 5.32 Å². The summed E-state index contributed by atoms with van der Waals surface area (Å²) >= 11 is 0. The Morgan fingerprint density at radius 1 is 0.900 bits per heavy atom. The van der Waals surface area contributed by atoms with Crippen molar-refractivity contribution in [3.63, 3.8) is 0 Å². The molecule has 0 aliphatic carbocycles. The first kappa shape index (κ1) is 14.5. The Morgan fingerprint density at radius 3 is 2.00 bits per heavy atom. The summed E-state index contributed by atoms with van der Waals surface area (Å²) in [6, 6.07) is 14.7. The van der Waals surface area contributed by atoms with E-state index in [2.05, 4.69) is 24.4 Å². The molecule has 0 amide bonds. The van der Waals surface area contributed by atoms with E-state index in [9.17, 15) is 4.39 Å². The smallest absolute Gasteiger partial charge is 0.123 e. The Bertz CT molecular complexity index is 508. The second-order valence-corrected chi connectivity index (χ2v) is 4.72. The molecule has 0 spiro atoms. The maximum absolute atomic E-state index is 12.8. The molecule has 0 aliphatic heterocycles. The molecule has 0 saturated heterocycles. The van der Waals surface area contributed by atoms with Crippen LogP contribution >= 0.6 is 0 Å². The van der Waals surface area contributed by atoms with Gasteiger partial charge in [-0.25, -0.2) is 4.39 Å². The monoisotopic (exact) mass is 273 g/mol. The van der Waals surface area contributed by atoms with Gasteiger partial charge in [0.05, 0.1) is 6.61 Å². The summed E-state index contributed by atoms with van der Waals surface area (Å²) in [5.41, 5.74) is 2.28. The van der Waals surface area contributed by atoms with E-state index in [1.807, 2.05) is 12.1 Å². The first-order valence-corrected chi connectivity index (χ1v) is 6.95. The highest BCUT2D eigenvalue weighted by molar-refractivity contribution is 5.27. The zero-order chi connectivity index (χ0) is 14.2. The third-order valence-electron chi connectivity index (χ3n) is 2.97. The number of nitrogens with one attached hydrogen (secondary N) is 1. The fourth-order valence-corrected chi connectivity index (χ4v) is 1.88. The highest BCUT2D eigenvalue weighted by Crippen LogP contribution is 2.12. The van der Waals surface area contributed by atoms with E-state index < -0.39 is 0 Å². The summed E-state index contributed by atoms with van der Waals surface area (Å²) in [6.07, 6.45) is 1.01. The van der Waals surface area contributed by atoms with E-state index in [4.69, 9.17) is 4.74 Å². The molecule has 0 fully saturated rings. The minimum atomic E-state index is -0.198. The lowest BCUT2D eigenvalue weighted by atomic mass is 10.2. The van der Waals surface area contributed by atoms with E-state index in [-0.39, 0.29) is 5.82 Å². The van der Waals surface area contributed by atoms with Crippen LogP contribution < -0.4 is 10.1 Å². The summed E-state index contributed by atoms with van der Waals surface area (Å²) in [4.78, 5) is 0. The second-order valence-electron chi connectivity index (χ2n) is 4.72. The number of halogens is 1. The highest BCUT2D eigenvalue weighted by atomic mass is 19.1. The predicted octanol–water partition coefficient (Wildman–Crippen LogP) is 3.90. The van der Waals surface area contributed by atoms with Crippen molar-refractivity contribution < 1.29 is 9.13 Å². The zero-order valence-electron chi connectivity index (χ0n) is 11.7. The summed E-state index contributed by atoms with van der Waals surface area (Å²) in [6.45, 7) is 4.36. The molecule has 2 aromatic rings. The molecular weight excluding hydrogens is 253 g/mol. The van der Waals surface area contributed by atoms with Crippen molar-refractivity contribution in [2.24, 2.45) is 0 Å². The molecule has 0 heterocycles. The van der Waals surface area contributed by atoms with E-state index >= 15 is 0 Å². The van der Waals surface area contributed by atoms with Gasteiger partial charge in [0.15, 0.2) is 0 Å². The van der Waals surface area contributed by atoms with Crippen molar-refractivity contribution in [3.05, 3.63) is 65.5 Å². The third-order valence-corrected chi connectivity index (χ3v) is 2.97. The van der Waals surface area contributed by atoms with Crippen molar-refractivity contribution in [2.45, 2.75) is 26.4 Å². The van der Waals surface area contributed by atoms with E-state index in [1.165, 1.54) is 17.7 Å². The Labute approximate surface area is 119 Å². The number of ether oxygens (including phenoxy) is 1. The minimum absolute atomic E-state index is 0.198. The first-order valence-electron chi connectivity index (χ1n) is 6.95. The van der Waals surface area contributed by atoms with Gasteiger partial charge in [0, 0.05) is 13.1 Å². The van der Waals surface area contributed by atoms with Crippen molar-refractivity contribution in [1.29, 1.82) is 0 Å². The van der Waals surface area contributed by atoms with Crippen LogP contribution in [0.3, 0.4) is 0 Å². The number of hydrogen-bond donors (Lipinski definition) is 1. The van der Waals surface area contributed by atoms with Gasteiger partial charge in [0.2, 0.25) is 0 Å². The molecule has 3 heteroatoms. The SMILES string of the molecule is CCCOc1ccc(CNCc2ccc(F)cc2)cc1. The third kappa shape index (κ3) is 4.67. The van der Waals surface area contributed by atoms with E-state index in [0.29, 0.717) is 0 Å². The van der Waals surface area contributed by atoms with Gasteiger partial charge in [-0.3, -0.25) is 0 Å². The zero-order valence-corrected chi connectivity index (χ0v) is 11.7. The average molecular weight is 273 g/mol.